The Bertz CT molecular complexity index is 428. The summed E-state index contributed by atoms with van der Waals surface area (Å²) in [5.41, 5.74) is -0.910. The lowest BCUT2D eigenvalue weighted by atomic mass is 10.1. The van der Waals surface area contributed by atoms with Gasteiger partial charge in [0.25, 0.3) is 0 Å². The Morgan fingerprint density at radius 1 is 1.35 bits per heavy atom. The fourth-order valence-corrected chi connectivity index (χ4v) is 1.83. The monoisotopic (exact) mass is 303 g/mol. The van der Waals surface area contributed by atoms with Crippen LogP contribution in [0.1, 0.15) is 20.3 Å². The highest BCUT2D eigenvalue weighted by atomic mass is 35.5. The molecule has 0 aliphatic carbocycles. The van der Waals surface area contributed by atoms with E-state index in [0.717, 1.165) is 6.42 Å². The van der Waals surface area contributed by atoms with E-state index >= 15 is 0 Å². The predicted molar refractivity (Wildman–Crippen MR) is 78.3 cm³/mol. The van der Waals surface area contributed by atoms with Crippen LogP contribution in [0.4, 0.5) is 5.95 Å². The molecule has 1 aromatic rings. The summed E-state index contributed by atoms with van der Waals surface area (Å²) in [5.74, 6) is 0.287. The number of nitrogens with one attached hydrogen (secondary N) is 1. The molecule has 0 aliphatic heterocycles. The summed E-state index contributed by atoms with van der Waals surface area (Å²) < 4.78 is 5.32. The van der Waals surface area contributed by atoms with Crippen molar-refractivity contribution in [1.29, 1.82) is 0 Å². The van der Waals surface area contributed by atoms with Gasteiger partial charge in [-0.05, 0) is 39.0 Å². The second kappa shape index (κ2) is 7.56. The van der Waals surface area contributed by atoms with E-state index < -0.39 is 5.60 Å². The van der Waals surface area contributed by atoms with Gasteiger partial charge >= 0.3 is 6.01 Å². The van der Waals surface area contributed by atoms with Gasteiger partial charge in [-0.2, -0.15) is 15.0 Å². The molecule has 0 aliphatic rings. The van der Waals surface area contributed by atoms with E-state index in [1.807, 2.05) is 25.9 Å². The van der Waals surface area contributed by atoms with Gasteiger partial charge < -0.3 is 20.1 Å². The van der Waals surface area contributed by atoms with Crippen LogP contribution in [0.15, 0.2) is 0 Å². The molecule has 1 unspecified atom stereocenters. The Morgan fingerprint density at radius 3 is 2.65 bits per heavy atom. The van der Waals surface area contributed by atoms with E-state index in [1.165, 1.54) is 0 Å². The van der Waals surface area contributed by atoms with Crippen LogP contribution in [-0.2, 0) is 0 Å². The van der Waals surface area contributed by atoms with Crippen LogP contribution >= 0.6 is 11.6 Å². The molecule has 0 amide bonds. The van der Waals surface area contributed by atoms with E-state index in [4.69, 9.17) is 16.3 Å². The first kappa shape index (κ1) is 16.9. The second-order valence-corrected chi connectivity index (χ2v) is 5.49. The molecule has 1 heterocycles. The van der Waals surface area contributed by atoms with Crippen molar-refractivity contribution < 1.29 is 9.84 Å². The summed E-state index contributed by atoms with van der Waals surface area (Å²) in [5, 5.41) is 13.2. The third-order valence-electron chi connectivity index (χ3n) is 2.31. The molecule has 0 aromatic carbocycles. The van der Waals surface area contributed by atoms with Gasteiger partial charge in [0.1, 0.15) is 0 Å². The lowest BCUT2D eigenvalue weighted by molar-refractivity contribution is 0.0458. The first-order valence-electron chi connectivity index (χ1n) is 6.48. The smallest absolute Gasteiger partial charge is 0.322 e. The maximum Gasteiger partial charge on any atom is 0.322 e. The molecule has 0 bridgehead atoms. The molecule has 8 heteroatoms. The number of likely N-dealkylation sites (N-methyl/N-ethyl adjacent to an activating group) is 1. The topological polar surface area (TPSA) is 83.4 Å². The van der Waals surface area contributed by atoms with Crippen molar-refractivity contribution >= 4 is 17.5 Å². The molecule has 0 saturated heterocycles. The molecule has 1 atom stereocenters. The van der Waals surface area contributed by atoms with Crippen molar-refractivity contribution in [2.75, 3.05) is 39.1 Å². The number of nitrogens with zero attached hydrogens (tertiary/aromatic N) is 4. The van der Waals surface area contributed by atoms with Crippen LogP contribution in [-0.4, -0.2) is 64.4 Å². The van der Waals surface area contributed by atoms with E-state index in [9.17, 15) is 5.11 Å². The van der Waals surface area contributed by atoms with Crippen molar-refractivity contribution in [1.82, 2.24) is 19.9 Å². The van der Waals surface area contributed by atoms with Gasteiger partial charge in [-0.25, -0.2) is 0 Å². The Kier molecular flexibility index (Phi) is 6.38. The highest BCUT2D eigenvalue weighted by Gasteiger charge is 2.21. The molecule has 0 saturated carbocycles. The van der Waals surface area contributed by atoms with E-state index in [0.29, 0.717) is 19.7 Å². The highest BCUT2D eigenvalue weighted by Crippen LogP contribution is 2.13. The summed E-state index contributed by atoms with van der Waals surface area (Å²) in [6.07, 6.45) is 0.851. The number of aliphatic hydroxyl groups is 1. The second-order valence-electron chi connectivity index (χ2n) is 5.15. The standard InChI is InChI=1S/C12H22ClN5O2/c1-5-6-20-11-16-9(13)15-10(17-11)14-7-12(2,19)8-18(3)4/h19H,5-8H2,1-4H3,(H,14,15,16,17). The van der Waals surface area contributed by atoms with Crippen LogP contribution in [0, 0.1) is 0 Å². The number of aromatic nitrogens is 3. The molecule has 7 nitrogen and oxygen atoms in total. The van der Waals surface area contributed by atoms with E-state index in [1.54, 1.807) is 6.92 Å². The van der Waals surface area contributed by atoms with Crippen LogP contribution in [0.25, 0.3) is 0 Å². The molecule has 0 radical (unpaired) electrons. The number of rotatable bonds is 8. The van der Waals surface area contributed by atoms with Crippen molar-refractivity contribution in [3.05, 3.63) is 5.28 Å². The number of ether oxygens (including phenoxy) is 1. The zero-order valence-corrected chi connectivity index (χ0v) is 13.1. The van der Waals surface area contributed by atoms with Gasteiger partial charge in [0, 0.05) is 13.1 Å². The summed E-state index contributed by atoms with van der Waals surface area (Å²) in [6.45, 7) is 5.03. The van der Waals surface area contributed by atoms with Gasteiger partial charge in [-0.15, -0.1) is 0 Å². The summed E-state index contributed by atoms with van der Waals surface area (Å²) in [6, 6.07) is 0.182. The van der Waals surface area contributed by atoms with Gasteiger partial charge in [0.2, 0.25) is 11.2 Å². The highest BCUT2D eigenvalue weighted by molar-refractivity contribution is 6.28. The van der Waals surface area contributed by atoms with Crippen molar-refractivity contribution in [3.8, 4) is 6.01 Å². The Morgan fingerprint density at radius 2 is 2.05 bits per heavy atom. The average Bonchev–Trinajstić information content (AvgIpc) is 2.32. The molecule has 0 spiro atoms. The molecule has 20 heavy (non-hydrogen) atoms. The Hall–Kier alpha value is -1.18. The number of hydrogen-bond donors (Lipinski definition) is 2. The Labute approximate surface area is 124 Å². The Balaban J connectivity index is 2.65. The van der Waals surface area contributed by atoms with Gasteiger partial charge in [-0.3, -0.25) is 0 Å². The van der Waals surface area contributed by atoms with E-state index in [2.05, 4.69) is 20.3 Å². The van der Waals surface area contributed by atoms with Gasteiger partial charge in [0.15, 0.2) is 0 Å². The summed E-state index contributed by atoms with van der Waals surface area (Å²) in [7, 11) is 3.79. The molecular weight excluding hydrogens is 282 g/mol. The van der Waals surface area contributed by atoms with Crippen molar-refractivity contribution in [2.24, 2.45) is 0 Å². The minimum Gasteiger partial charge on any atom is -0.463 e. The quantitative estimate of drug-likeness (QED) is 0.742. The van der Waals surface area contributed by atoms with Crippen molar-refractivity contribution in [3.63, 3.8) is 0 Å². The van der Waals surface area contributed by atoms with Crippen LogP contribution in [0.2, 0.25) is 5.28 Å². The predicted octanol–water partition coefficient (Wildman–Crippen LogP) is 1.04. The minimum absolute atomic E-state index is 0.0563. The maximum absolute atomic E-state index is 10.2. The molecule has 1 rings (SSSR count). The normalized spacial score (nSPS) is 14.2. The SMILES string of the molecule is CCCOc1nc(Cl)nc(NCC(C)(O)CN(C)C)n1. The molecule has 2 N–H and O–H groups in total. The lowest BCUT2D eigenvalue weighted by Gasteiger charge is -2.27. The first-order valence-corrected chi connectivity index (χ1v) is 6.85. The number of halogens is 1. The maximum atomic E-state index is 10.2. The molecular formula is C12H22ClN5O2. The number of hydrogen-bond acceptors (Lipinski definition) is 7. The molecule has 1 aromatic heterocycles. The average molecular weight is 304 g/mol. The fourth-order valence-electron chi connectivity index (χ4n) is 1.68. The molecule has 114 valence electrons. The van der Waals surface area contributed by atoms with E-state index in [-0.39, 0.29) is 17.2 Å². The number of anilines is 1. The summed E-state index contributed by atoms with van der Waals surface area (Å²) in [4.78, 5) is 13.8. The van der Waals surface area contributed by atoms with Gasteiger partial charge in [-0.1, -0.05) is 6.92 Å². The zero-order chi connectivity index (χ0) is 15.2. The first-order chi connectivity index (χ1) is 9.32. The van der Waals surface area contributed by atoms with Crippen molar-refractivity contribution in [2.45, 2.75) is 25.9 Å². The van der Waals surface area contributed by atoms with Crippen LogP contribution in [0.3, 0.4) is 0 Å². The zero-order valence-electron chi connectivity index (χ0n) is 12.4. The van der Waals surface area contributed by atoms with Crippen LogP contribution < -0.4 is 10.1 Å². The van der Waals surface area contributed by atoms with Crippen LogP contribution in [0.5, 0.6) is 6.01 Å². The largest absolute Gasteiger partial charge is 0.463 e. The fraction of sp³-hybridized carbons (Fsp3) is 0.750. The lowest BCUT2D eigenvalue weighted by Crippen LogP contribution is -2.43. The summed E-state index contributed by atoms with van der Waals surface area (Å²) >= 11 is 5.81. The third kappa shape index (κ3) is 6.31. The van der Waals surface area contributed by atoms with Gasteiger partial charge in [0.05, 0.1) is 12.2 Å². The minimum atomic E-state index is -0.910. The third-order valence-corrected chi connectivity index (χ3v) is 2.48. The molecule has 0 fully saturated rings.